The van der Waals surface area contributed by atoms with Crippen molar-refractivity contribution in [3.63, 3.8) is 0 Å². The van der Waals surface area contributed by atoms with Gasteiger partial charge in [0.15, 0.2) is 0 Å². The first kappa shape index (κ1) is 41.8. The molecule has 0 aliphatic rings. The minimum Gasteiger partial charge on any atom is -0.507 e. The molecule has 0 aliphatic heterocycles. The molecule has 0 aliphatic carbocycles. The Hall–Kier alpha value is -7.24. The van der Waals surface area contributed by atoms with Crippen LogP contribution in [0.15, 0.2) is 168 Å². The van der Waals surface area contributed by atoms with Crippen molar-refractivity contribution in [1.29, 1.82) is 0 Å². The summed E-state index contributed by atoms with van der Waals surface area (Å²) in [6.45, 7) is 20.3. The Morgan fingerprint density at radius 1 is 0.462 bits per heavy atom. The third kappa shape index (κ3) is 7.69. The quantitative estimate of drug-likeness (QED) is 0.181. The van der Waals surface area contributed by atoms with Crippen LogP contribution >= 0.6 is 0 Å². The number of para-hydroxylation sites is 2. The van der Waals surface area contributed by atoms with Crippen LogP contribution in [-0.2, 0) is 16.2 Å². The van der Waals surface area contributed by atoms with Crippen LogP contribution < -0.4 is 0 Å². The van der Waals surface area contributed by atoms with E-state index in [2.05, 4.69) is 188 Å². The number of phenolic OH excluding ortho intramolecular Hbond substituents is 1. The molecular weight excluding hydrogens is 795 g/mol. The fourth-order valence-electron chi connectivity index (χ4n) is 9.04. The van der Waals surface area contributed by atoms with Crippen molar-refractivity contribution in [2.75, 3.05) is 0 Å². The van der Waals surface area contributed by atoms with Gasteiger partial charge in [-0.3, -0.25) is 9.55 Å². The van der Waals surface area contributed by atoms with Crippen molar-refractivity contribution >= 4 is 33.0 Å². The maximum Gasteiger partial charge on any atom is 0.149 e. The Kier molecular flexibility index (Phi) is 9.95. The molecule has 10 aromatic rings. The SMILES string of the molecule is CC(C)(C)c1ccc(-c2ccnc(-c3cc(-c4cccc5c4nc(-c4cc6oc7ccccc7c6cc4O)n5-c4ccc(C(C)(C)C)cc4-c4ccccc4)cc(C(C)(C)C)c3)c2)cc1. The van der Waals surface area contributed by atoms with Crippen LogP contribution in [0.1, 0.15) is 79.0 Å². The summed E-state index contributed by atoms with van der Waals surface area (Å²) < 4.78 is 8.65. The summed E-state index contributed by atoms with van der Waals surface area (Å²) in [5, 5.41) is 13.9. The third-order valence-corrected chi connectivity index (χ3v) is 12.9. The zero-order valence-electron chi connectivity index (χ0n) is 38.8. The van der Waals surface area contributed by atoms with Crippen molar-refractivity contribution < 1.29 is 9.52 Å². The van der Waals surface area contributed by atoms with Crippen molar-refractivity contribution in [3.05, 3.63) is 181 Å². The number of pyridine rings is 1. The van der Waals surface area contributed by atoms with Crippen LogP contribution in [0.2, 0.25) is 0 Å². The standard InChI is InChI=1S/C60H55N3O2/c1-58(2,3)42-24-22-37(23-25-42)39-28-29-61-50(33-39)41-30-40(31-44(32-41)60(7,8)9)45-19-15-20-52-56(45)62-57(49-36-55-48(35-53(49)64)46-18-13-14-21-54(46)65-55)63(52)51-27-26-43(59(4,5)6)34-47(51)38-16-11-10-12-17-38/h10-36,64H,1-9H3. The normalized spacial score (nSPS) is 12.4. The lowest BCUT2D eigenvalue weighted by Crippen LogP contribution is -2.12. The molecule has 0 saturated carbocycles. The Labute approximate surface area is 382 Å². The molecule has 0 atom stereocenters. The zero-order chi connectivity index (χ0) is 45.4. The summed E-state index contributed by atoms with van der Waals surface area (Å²) in [5.41, 5.74) is 16.7. The second kappa shape index (κ2) is 15.5. The molecule has 7 aromatic carbocycles. The smallest absolute Gasteiger partial charge is 0.149 e. The van der Waals surface area contributed by atoms with Gasteiger partial charge in [0.1, 0.15) is 22.7 Å². The van der Waals surface area contributed by atoms with Gasteiger partial charge in [-0.15, -0.1) is 0 Å². The van der Waals surface area contributed by atoms with Gasteiger partial charge in [-0.05, 0) is 116 Å². The van der Waals surface area contributed by atoms with Crippen molar-refractivity contribution in [2.24, 2.45) is 0 Å². The van der Waals surface area contributed by atoms with Crippen molar-refractivity contribution in [1.82, 2.24) is 14.5 Å². The van der Waals surface area contributed by atoms with Gasteiger partial charge >= 0.3 is 0 Å². The minimum absolute atomic E-state index is 0.0781. The lowest BCUT2D eigenvalue weighted by Gasteiger charge is -2.23. The van der Waals surface area contributed by atoms with Gasteiger partial charge in [-0.2, -0.15) is 0 Å². The van der Waals surface area contributed by atoms with Crippen LogP contribution in [0.5, 0.6) is 5.75 Å². The number of fused-ring (bicyclic) bond motifs is 4. The van der Waals surface area contributed by atoms with E-state index in [0.29, 0.717) is 17.0 Å². The van der Waals surface area contributed by atoms with E-state index in [0.717, 1.165) is 77.7 Å². The first-order chi connectivity index (χ1) is 31.0. The zero-order valence-corrected chi connectivity index (χ0v) is 38.8. The highest BCUT2D eigenvalue weighted by atomic mass is 16.3. The number of rotatable bonds is 6. The number of benzene rings is 7. The summed E-state index contributed by atoms with van der Waals surface area (Å²) >= 11 is 0. The molecule has 0 spiro atoms. The molecule has 3 heterocycles. The van der Waals surface area contributed by atoms with Crippen LogP contribution in [0, 0.1) is 0 Å². The average molecular weight is 850 g/mol. The van der Waals surface area contributed by atoms with Gasteiger partial charge in [-0.1, -0.05) is 159 Å². The minimum atomic E-state index is -0.156. The number of hydrogen-bond acceptors (Lipinski definition) is 4. The molecule has 5 nitrogen and oxygen atoms in total. The van der Waals surface area contributed by atoms with Crippen LogP contribution in [-0.4, -0.2) is 19.6 Å². The molecule has 0 saturated heterocycles. The number of hydrogen-bond donors (Lipinski definition) is 1. The van der Waals surface area contributed by atoms with Crippen molar-refractivity contribution in [2.45, 2.75) is 78.6 Å². The summed E-state index contributed by atoms with van der Waals surface area (Å²) in [4.78, 5) is 10.5. The lowest BCUT2D eigenvalue weighted by molar-refractivity contribution is 0.477. The first-order valence-corrected chi connectivity index (χ1v) is 22.6. The first-order valence-electron chi connectivity index (χ1n) is 22.6. The Bertz CT molecular complexity index is 3420. The van der Waals surface area contributed by atoms with E-state index in [-0.39, 0.29) is 22.0 Å². The Morgan fingerprint density at radius 2 is 1.15 bits per heavy atom. The Morgan fingerprint density at radius 3 is 1.89 bits per heavy atom. The molecule has 0 amide bonds. The van der Waals surface area contributed by atoms with Crippen molar-refractivity contribution in [3.8, 4) is 67.5 Å². The number of imidazole rings is 1. The fraction of sp³-hybridized carbons (Fsp3) is 0.200. The number of furan rings is 1. The van der Waals surface area contributed by atoms with E-state index in [1.807, 2.05) is 42.6 Å². The summed E-state index contributed by atoms with van der Waals surface area (Å²) in [6, 6.07) is 55.5. The predicted octanol–water partition coefficient (Wildman–Crippen LogP) is 16.3. The Balaban J connectivity index is 1.22. The maximum atomic E-state index is 12.1. The second-order valence-electron chi connectivity index (χ2n) is 20.6. The molecule has 0 radical (unpaired) electrons. The third-order valence-electron chi connectivity index (χ3n) is 12.9. The summed E-state index contributed by atoms with van der Waals surface area (Å²) in [7, 11) is 0. The van der Waals surface area contributed by atoms with Gasteiger partial charge in [0.2, 0.25) is 0 Å². The molecule has 322 valence electrons. The number of nitrogens with zero attached hydrogens (tertiary/aromatic N) is 3. The van der Waals surface area contributed by atoms with E-state index >= 15 is 0 Å². The molecule has 65 heavy (non-hydrogen) atoms. The highest BCUT2D eigenvalue weighted by molar-refractivity contribution is 6.07. The number of aromatic hydroxyl groups is 1. The molecule has 3 aromatic heterocycles. The topological polar surface area (TPSA) is 64.1 Å². The molecule has 10 rings (SSSR count). The van der Waals surface area contributed by atoms with Gasteiger partial charge < -0.3 is 9.52 Å². The molecule has 0 bridgehead atoms. The molecule has 1 N–H and O–H groups in total. The summed E-state index contributed by atoms with van der Waals surface area (Å²) in [6.07, 6.45) is 1.92. The summed E-state index contributed by atoms with van der Waals surface area (Å²) in [5.74, 6) is 0.748. The fourth-order valence-corrected chi connectivity index (χ4v) is 9.04. The van der Waals surface area contributed by atoms with Gasteiger partial charge in [-0.25, -0.2) is 4.98 Å². The van der Waals surface area contributed by atoms with E-state index < -0.39 is 0 Å². The molecule has 5 heteroatoms. The second-order valence-corrected chi connectivity index (χ2v) is 20.6. The number of phenols is 1. The highest BCUT2D eigenvalue weighted by Crippen LogP contribution is 2.44. The highest BCUT2D eigenvalue weighted by Gasteiger charge is 2.26. The van der Waals surface area contributed by atoms with Crippen LogP contribution in [0.3, 0.4) is 0 Å². The van der Waals surface area contributed by atoms with E-state index in [1.54, 1.807) is 0 Å². The average Bonchev–Trinajstić information content (AvgIpc) is 3.86. The van der Waals surface area contributed by atoms with Gasteiger partial charge in [0.25, 0.3) is 0 Å². The predicted molar refractivity (Wildman–Crippen MR) is 271 cm³/mol. The molecule has 0 unspecified atom stereocenters. The van der Waals surface area contributed by atoms with E-state index in [1.165, 1.54) is 16.7 Å². The van der Waals surface area contributed by atoms with Gasteiger partial charge in [0.05, 0.1) is 28.0 Å². The molecule has 0 fully saturated rings. The van der Waals surface area contributed by atoms with Crippen LogP contribution in [0.25, 0.3) is 94.7 Å². The van der Waals surface area contributed by atoms with E-state index in [9.17, 15) is 5.11 Å². The lowest BCUT2D eigenvalue weighted by atomic mass is 9.83. The largest absolute Gasteiger partial charge is 0.507 e. The maximum absolute atomic E-state index is 12.1. The van der Waals surface area contributed by atoms with Crippen LogP contribution in [0.4, 0.5) is 0 Å². The van der Waals surface area contributed by atoms with Gasteiger partial charge in [0, 0.05) is 33.7 Å². The van der Waals surface area contributed by atoms with E-state index in [4.69, 9.17) is 14.4 Å². The monoisotopic (exact) mass is 849 g/mol. The number of aromatic nitrogens is 3. The molecular formula is C60H55N3O2.